The molecule has 49 heavy (non-hydrogen) atoms. The SMILES string of the molecule is O=C(Nc1nc2c(s1)-c1cccc3cccc-2c13)c1ccc(Oc2ccc(C(=O)Nc3nc4c(s3)-c3cccc5cccc-4c35)cc2)cc1. The van der Waals surface area contributed by atoms with E-state index in [9.17, 15) is 9.59 Å². The molecule has 2 amide bonds. The lowest BCUT2D eigenvalue weighted by molar-refractivity contribution is 0.101. The molecular weight excluding hydrogens is 649 g/mol. The Kier molecular flexibility index (Phi) is 6.08. The number of thiazole rings is 2. The van der Waals surface area contributed by atoms with Crippen molar-refractivity contribution in [1.82, 2.24) is 9.97 Å². The molecule has 10 rings (SSSR count). The maximum absolute atomic E-state index is 13.1. The third-order valence-electron chi connectivity index (χ3n) is 8.97. The van der Waals surface area contributed by atoms with Gasteiger partial charge in [0.2, 0.25) is 0 Å². The lowest BCUT2D eigenvalue weighted by Gasteiger charge is -2.08. The van der Waals surface area contributed by atoms with Gasteiger partial charge in [0.05, 0.1) is 21.1 Å². The van der Waals surface area contributed by atoms with Crippen molar-refractivity contribution >= 4 is 66.3 Å². The zero-order valence-electron chi connectivity index (χ0n) is 25.5. The number of anilines is 2. The first kappa shape index (κ1) is 27.9. The fraction of sp³-hybridized carbons (Fsp3) is 0. The van der Waals surface area contributed by atoms with E-state index < -0.39 is 0 Å². The number of benzene rings is 6. The van der Waals surface area contributed by atoms with E-state index in [2.05, 4.69) is 71.3 Å². The molecule has 2 N–H and O–H groups in total. The van der Waals surface area contributed by atoms with Crippen LogP contribution in [0, 0.1) is 0 Å². The summed E-state index contributed by atoms with van der Waals surface area (Å²) < 4.78 is 6.00. The van der Waals surface area contributed by atoms with Crippen LogP contribution in [-0.2, 0) is 0 Å². The topological polar surface area (TPSA) is 93.2 Å². The fourth-order valence-corrected chi connectivity index (χ4v) is 8.77. The number of nitrogens with one attached hydrogen (secondary N) is 2. The van der Waals surface area contributed by atoms with Gasteiger partial charge in [-0.3, -0.25) is 20.2 Å². The standard InChI is InChI=1S/C40H22N4O3S2/c45-37(43-39-41-33-27-9-1-5-21-7-3-11-29(31(21)27)35(33)48-39)23-13-17-25(18-14-23)47-26-19-15-24(16-20-26)38(46)44-40-42-34-28-10-2-6-22-8-4-12-30(32(22)28)36(34)49-40/h1-20H,(H,41,43,45)(H,42,44,46). The number of ether oxygens (including phenoxy) is 1. The van der Waals surface area contributed by atoms with Crippen molar-refractivity contribution in [3.8, 4) is 54.9 Å². The Morgan fingerprint density at radius 3 is 1.29 bits per heavy atom. The van der Waals surface area contributed by atoms with E-state index in [-0.39, 0.29) is 11.8 Å². The van der Waals surface area contributed by atoms with Crippen LogP contribution in [0.4, 0.5) is 10.3 Å². The van der Waals surface area contributed by atoms with E-state index in [1.165, 1.54) is 44.2 Å². The van der Waals surface area contributed by atoms with E-state index in [4.69, 9.17) is 14.7 Å². The Balaban J connectivity index is 0.790. The third kappa shape index (κ3) is 4.47. The molecule has 0 bridgehead atoms. The first-order valence-electron chi connectivity index (χ1n) is 15.6. The molecule has 0 saturated carbocycles. The first-order valence-corrected chi connectivity index (χ1v) is 17.3. The summed E-state index contributed by atoms with van der Waals surface area (Å²) in [5, 5.41) is 11.9. The Labute approximate surface area is 287 Å². The maximum Gasteiger partial charge on any atom is 0.257 e. The van der Waals surface area contributed by atoms with Crippen LogP contribution in [0.1, 0.15) is 20.7 Å². The molecule has 6 aromatic carbocycles. The van der Waals surface area contributed by atoms with Crippen molar-refractivity contribution < 1.29 is 14.3 Å². The van der Waals surface area contributed by atoms with Gasteiger partial charge in [-0.05, 0) is 70.1 Å². The van der Waals surface area contributed by atoms with Gasteiger partial charge in [-0.1, -0.05) is 95.5 Å². The number of carbonyl (C=O) groups is 2. The predicted molar refractivity (Wildman–Crippen MR) is 197 cm³/mol. The number of hydrogen-bond donors (Lipinski definition) is 2. The van der Waals surface area contributed by atoms with Gasteiger partial charge < -0.3 is 4.74 Å². The molecule has 0 radical (unpaired) electrons. The van der Waals surface area contributed by atoms with Gasteiger partial charge in [0.15, 0.2) is 10.3 Å². The van der Waals surface area contributed by atoms with Crippen LogP contribution in [0.15, 0.2) is 121 Å². The molecule has 0 atom stereocenters. The second-order valence-corrected chi connectivity index (χ2v) is 13.9. The van der Waals surface area contributed by atoms with Gasteiger partial charge >= 0.3 is 0 Å². The number of fused-ring (bicyclic) bond motifs is 6. The van der Waals surface area contributed by atoms with Crippen LogP contribution in [0.5, 0.6) is 11.5 Å². The van der Waals surface area contributed by atoms with E-state index in [0.29, 0.717) is 32.9 Å². The van der Waals surface area contributed by atoms with Gasteiger partial charge in [0, 0.05) is 33.4 Å². The van der Waals surface area contributed by atoms with Gasteiger partial charge in [-0.15, -0.1) is 0 Å². The van der Waals surface area contributed by atoms with E-state index in [0.717, 1.165) is 43.4 Å². The largest absolute Gasteiger partial charge is 0.457 e. The van der Waals surface area contributed by atoms with Crippen LogP contribution < -0.4 is 15.4 Å². The predicted octanol–water partition coefficient (Wildman–Crippen LogP) is 10.5. The number of carbonyl (C=O) groups excluding carboxylic acids is 2. The molecule has 9 heteroatoms. The van der Waals surface area contributed by atoms with E-state index in [1.54, 1.807) is 48.5 Å². The molecule has 0 fully saturated rings. The molecule has 2 aliphatic carbocycles. The number of aromatic nitrogens is 2. The van der Waals surface area contributed by atoms with Gasteiger partial charge in [0.25, 0.3) is 11.8 Å². The van der Waals surface area contributed by atoms with E-state index >= 15 is 0 Å². The molecule has 0 unspecified atom stereocenters. The second-order valence-electron chi connectivity index (χ2n) is 11.9. The Morgan fingerprint density at radius 2 is 0.878 bits per heavy atom. The number of rotatable bonds is 6. The van der Waals surface area contributed by atoms with Gasteiger partial charge in [-0.25, -0.2) is 9.97 Å². The summed E-state index contributed by atoms with van der Waals surface area (Å²) in [5.74, 6) is 0.652. The second kappa shape index (κ2) is 10.7. The smallest absolute Gasteiger partial charge is 0.257 e. The highest BCUT2D eigenvalue weighted by Crippen LogP contribution is 2.51. The number of amides is 2. The molecule has 0 saturated heterocycles. The maximum atomic E-state index is 13.1. The molecule has 7 nitrogen and oxygen atoms in total. The quantitative estimate of drug-likeness (QED) is 0.184. The molecule has 2 aromatic heterocycles. The molecule has 8 aromatic rings. The van der Waals surface area contributed by atoms with Crippen molar-refractivity contribution in [2.75, 3.05) is 10.6 Å². The van der Waals surface area contributed by atoms with Crippen LogP contribution in [0.3, 0.4) is 0 Å². The third-order valence-corrected chi connectivity index (χ3v) is 11.0. The van der Waals surface area contributed by atoms with Crippen molar-refractivity contribution in [3.63, 3.8) is 0 Å². The highest BCUT2D eigenvalue weighted by Gasteiger charge is 2.27. The average Bonchev–Trinajstić information content (AvgIpc) is 3.88. The minimum absolute atomic E-state index is 0.243. The zero-order valence-corrected chi connectivity index (χ0v) is 27.1. The molecule has 0 spiro atoms. The lowest BCUT2D eigenvalue weighted by Crippen LogP contribution is -2.11. The highest BCUT2D eigenvalue weighted by atomic mass is 32.1. The number of hydrogen-bond acceptors (Lipinski definition) is 7. The summed E-state index contributed by atoms with van der Waals surface area (Å²) in [6.45, 7) is 0. The van der Waals surface area contributed by atoms with Crippen LogP contribution in [0.2, 0.25) is 0 Å². The van der Waals surface area contributed by atoms with Crippen LogP contribution >= 0.6 is 22.7 Å². The normalized spacial score (nSPS) is 11.8. The van der Waals surface area contributed by atoms with Crippen molar-refractivity contribution in [2.45, 2.75) is 0 Å². The minimum atomic E-state index is -0.243. The molecule has 2 aliphatic rings. The van der Waals surface area contributed by atoms with Crippen LogP contribution in [-0.4, -0.2) is 21.8 Å². The summed E-state index contributed by atoms with van der Waals surface area (Å²) in [4.78, 5) is 37.9. The molecule has 0 aliphatic heterocycles. The highest BCUT2D eigenvalue weighted by molar-refractivity contribution is 7.20. The minimum Gasteiger partial charge on any atom is -0.457 e. The zero-order chi connectivity index (χ0) is 32.6. The van der Waals surface area contributed by atoms with Crippen LogP contribution in [0.25, 0.3) is 64.9 Å². The van der Waals surface area contributed by atoms with E-state index in [1.807, 2.05) is 12.1 Å². The fourth-order valence-electron chi connectivity index (χ4n) is 6.76. The summed E-state index contributed by atoms with van der Waals surface area (Å²) in [6, 6.07) is 38.8. The molecular formula is C40H22N4O3S2. The van der Waals surface area contributed by atoms with Crippen molar-refractivity contribution in [3.05, 3.63) is 132 Å². The number of nitrogens with zero attached hydrogens (tertiary/aromatic N) is 2. The first-order chi connectivity index (χ1) is 24.1. The van der Waals surface area contributed by atoms with Gasteiger partial charge in [0.1, 0.15) is 11.5 Å². The average molecular weight is 671 g/mol. The summed E-state index contributed by atoms with van der Waals surface area (Å²) in [5.41, 5.74) is 7.32. The molecule has 232 valence electrons. The van der Waals surface area contributed by atoms with Crippen molar-refractivity contribution in [2.24, 2.45) is 0 Å². The monoisotopic (exact) mass is 670 g/mol. The summed E-state index contributed by atoms with van der Waals surface area (Å²) >= 11 is 2.97. The summed E-state index contributed by atoms with van der Waals surface area (Å²) in [6.07, 6.45) is 0. The summed E-state index contributed by atoms with van der Waals surface area (Å²) in [7, 11) is 0. The Hall–Kier alpha value is -6.16. The Bertz CT molecular complexity index is 2380. The Morgan fingerprint density at radius 1 is 0.490 bits per heavy atom. The van der Waals surface area contributed by atoms with Crippen molar-refractivity contribution in [1.29, 1.82) is 0 Å². The molecule has 2 heterocycles. The lowest BCUT2D eigenvalue weighted by atomic mass is 10.0. The van der Waals surface area contributed by atoms with Gasteiger partial charge in [-0.2, -0.15) is 0 Å².